The van der Waals surface area contributed by atoms with Crippen molar-refractivity contribution in [3.05, 3.63) is 228 Å². The first kappa shape index (κ1) is 36.7. The Morgan fingerprint density at radius 2 is 0.808 bits per heavy atom. The van der Waals surface area contributed by atoms with E-state index in [4.69, 9.17) is 8.92 Å². The number of ether oxygens (including phenoxy) is 1. The monoisotopic (exact) mass is 708 g/mol. The SMILES string of the molecule is CC(O)C1C=CCC1OS(C)(=O)=O.c1ccc(C(OC(c2ccccc2)(c2ccccc2)c2ccccc2)(c2ccccc2)c2ccccc2)cc1. The lowest BCUT2D eigenvalue weighted by Crippen LogP contribution is -2.44. The van der Waals surface area contributed by atoms with Gasteiger partial charge in [-0.2, -0.15) is 8.42 Å². The lowest BCUT2D eigenvalue weighted by molar-refractivity contribution is -0.0810. The molecule has 1 N–H and O–H groups in total. The van der Waals surface area contributed by atoms with Crippen molar-refractivity contribution in [3.8, 4) is 0 Å². The van der Waals surface area contributed by atoms with E-state index in [9.17, 15) is 13.5 Å². The Morgan fingerprint density at radius 1 is 0.538 bits per heavy atom. The molecule has 0 bridgehead atoms. The summed E-state index contributed by atoms with van der Waals surface area (Å²) < 4.78 is 34.4. The summed E-state index contributed by atoms with van der Waals surface area (Å²) in [6.07, 6.45) is 4.17. The van der Waals surface area contributed by atoms with E-state index >= 15 is 0 Å². The maximum absolute atomic E-state index is 10.8. The predicted octanol–water partition coefficient (Wildman–Crippen LogP) is 9.28. The molecule has 3 atom stereocenters. The Labute approximate surface area is 308 Å². The number of rotatable bonds is 11. The lowest BCUT2D eigenvalue weighted by Gasteiger charge is -2.46. The van der Waals surface area contributed by atoms with Gasteiger partial charge in [0, 0.05) is 5.92 Å². The summed E-state index contributed by atoms with van der Waals surface area (Å²) in [6.45, 7) is 1.62. The van der Waals surface area contributed by atoms with Gasteiger partial charge in [0.15, 0.2) is 0 Å². The Hall–Kier alpha value is -5.11. The van der Waals surface area contributed by atoms with Crippen molar-refractivity contribution in [3.63, 3.8) is 0 Å². The molecule has 52 heavy (non-hydrogen) atoms. The highest BCUT2D eigenvalue weighted by molar-refractivity contribution is 7.86. The van der Waals surface area contributed by atoms with Crippen molar-refractivity contribution in [2.45, 2.75) is 36.8 Å². The molecule has 6 heteroatoms. The zero-order valence-electron chi connectivity index (χ0n) is 29.4. The van der Waals surface area contributed by atoms with Crippen molar-refractivity contribution < 1.29 is 22.4 Å². The largest absolute Gasteiger partial charge is 0.393 e. The Bertz CT molecular complexity index is 1790. The van der Waals surface area contributed by atoms with Gasteiger partial charge in [-0.3, -0.25) is 4.18 Å². The van der Waals surface area contributed by atoms with E-state index in [1.54, 1.807) is 13.0 Å². The third kappa shape index (κ3) is 8.01. The molecule has 3 unspecified atom stereocenters. The molecule has 0 aliphatic heterocycles. The maximum atomic E-state index is 10.8. The number of hydrogen-bond acceptors (Lipinski definition) is 5. The minimum absolute atomic E-state index is 0.213. The normalized spacial score (nSPS) is 16.4. The molecule has 0 spiro atoms. The molecule has 7 rings (SSSR count). The van der Waals surface area contributed by atoms with Crippen LogP contribution in [0.15, 0.2) is 194 Å². The standard InChI is InChI=1S/C38H30O.C8H14O4S/c1-7-19-31(20-8-1)37(32-21-9-2-10-22-32,33-23-11-3-12-24-33)39-38(34-25-13-4-14-26-34,35-27-15-5-16-28-35)36-29-17-6-18-30-36;1-6(9)7-4-3-5-8(7)12-13(2,10)11/h1-30H;3-4,6-9H,5H2,1-2H3. The average molecular weight is 709 g/mol. The highest BCUT2D eigenvalue weighted by atomic mass is 32.2. The van der Waals surface area contributed by atoms with Gasteiger partial charge in [-0.1, -0.05) is 194 Å². The second kappa shape index (κ2) is 16.5. The first-order chi connectivity index (χ1) is 25.2. The van der Waals surface area contributed by atoms with E-state index in [-0.39, 0.29) is 5.92 Å². The molecular formula is C46H44O5S. The van der Waals surface area contributed by atoms with Crippen LogP contribution in [0.3, 0.4) is 0 Å². The van der Waals surface area contributed by atoms with Crippen LogP contribution in [0.1, 0.15) is 46.7 Å². The van der Waals surface area contributed by atoms with Crippen LogP contribution in [0, 0.1) is 5.92 Å². The van der Waals surface area contributed by atoms with Gasteiger partial charge in [0.1, 0.15) is 11.2 Å². The molecule has 0 amide bonds. The molecule has 0 saturated carbocycles. The summed E-state index contributed by atoms with van der Waals surface area (Å²) in [5.74, 6) is -0.213. The summed E-state index contributed by atoms with van der Waals surface area (Å²) in [7, 11) is -3.43. The highest BCUT2D eigenvalue weighted by Gasteiger charge is 2.48. The van der Waals surface area contributed by atoms with Crippen molar-refractivity contribution >= 4 is 10.1 Å². The molecule has 1 aliphatic carbocycles. The minimum atomic E-state index is -3.43. The average Bonchev–Trinajstić information content (AvgIpc) is 3.65. The molecule has 1 aliphatic rings. The summed E-state index contributed by atoms with van der Waals surface area (Å²) >= 11 is 0. The van der Waals surface area contributed by atoms with Crippen LogP contribution in [0.2, 0.25) is 0 Å². The molecule has 6 aromatic carbocycles. The first-order valence-electron chi connectivity index (χ1n) is 17.5. The second-order valence-corrected chi connectivity index (χ2v) is 14.6. The highest BCUT2D eigenvalue weighted by Crippen LogP contribution is 2.51. The fourth-order valence-corrected chi connectivity index (χ4v) is 7.73. The van der Waals surface area contributed by atoms with Gasteiger partial charge < -0.3 is 9.84 Å². The van der Waals surface area contributed by atoms with Crippen LogP contribution in [0.4, 0.5) is 0 Å². The van der Waals surface area contributed by atoms with Crippen molar-refractivity contribution in [1.82, 2.24) is 0 Å². The van der Waals surface area contributed by atoms with Gasteiger partial charge in [0.2, 0.25) is 0 Å². The molecule has 0 heterocycles. The van der Waals surface area contributed by atoms with Crippen LogP contribution >= 0.6 is 0 Å². The van der Waals surface area contributed by atoms with E-state index in [2.05, 4.69) is 182 Å². The zero-order valence-corrected chi connectivity index (χ0v) is 30.2. The molecular weight excluding hydrogens is 665 g/mol. The van der Waals surface area contributed by atoms with E-state index in [1.165, 1.54) is 0 Å². The quantitative estimate of drug-likeness (QED) is 0.0826. The Morgan fingerprint density at radius 3 is 1.04 bits per heavy atom. The Balaban J connectivity index is 0.000000303. The topological polar surface area (TPSA) is 72.8 Å². The van der Waals surface area contributed by atoms with Crippen LogP contribution in [-0.2, 0) is 30.2 Å². The van der Waals surface area contributed by atoms with Gasteiger partial charge in [-0.25, -0.2) is 0 Å². The van der Waals surface area contributed by atoms with Crippen molar-refractivity contribution in [1.29, 1.82) is 0 Å². The van der Waals surface area contributed by atoms with Gasteiger partial charge in [0.05, 0.1) is 18.5 Å². The maximum Gasteiger partial charge on any atom is 0.264 e. The smallest absolute Gasteiger partial charge is 0.264 e. The summed E-state index contributed by atoms with van der Waals surface area (Å²) in [5, 5.41) is 9.29. The number of hydrogen-bond donors (Lipinski definition) is 1. The van der Waals surface area contributed by atoms with Crippen LogP contribution in [0.25, 0.3) is 0 Å². The Kier molecular flexibility index (Phi) is 11.6. The zero-order chi connectivity index (χ0) is 36.4. The molecule has 0 radical (unpaired) electrons. The molecule has 5 nitrogen and oxygen atoms in total. The number of benzene rings is 6. The van der Waals surface area contributed by atoms with Gasteiger partial charge in [-0.05, 0) is 46.7 Å². The van der Waals surface area contributed by atoms with Crippen molar-refractivity contribution in [2.75, 3.05) is 6.26 Å². The number of aliphatic hydroxyl groups is 1. The summed E-state index contributed by atoms with van der Waals surface area (Å²) in [6, 6.07) is 63.5. The molecule has 264 valence electrons. The summed E-state index contributed by atoms with van der Waals surface area (Å²) in [4.78, 5) is 0. The first-order valence-corrected chi connectivity index (χ1v) is 19.3. The van der Waals surface area contributed by atoms with E-state index in [0.717, 1.165) is 39.6 Å². The fourth-order valence-electron chi connectivity index (χ4n) is 7.07. The van der Waals surface area contributed by atoms with Gasteiger partial charge in [0.25, 0.3) is 10.1 Å². The third-order valence-corrected chi connectivity index (χ3v) is 10.00. The van der Waals surface area contributed by atoms with Crippen molar-refractivity contribution in [2.24, 2.45) is 5.92 Å². The van der Waals surface area contributed by atoms with Gasteiger partial charge in [-0.15, -0.1) is 0 Å². The second-order valence-electron chi connectivity index (χ2n) is 13.0. The number of aliphatic hydroxyl groups excluding tert-OH is 1. The molecule has 0 saturated heterocycles. The minimum Gasteiger partial charge on any atom is -0.393 e. The van der Waals surface area contributed by atoms with E-state index in [0.29, 0.717) is 6.42 Å². The van der Waals surface area contributed by atoms with Gasteiger partial charge >= 0.3 is 0 Å². The molecule has 0 aromatic heterocycles. The third-order valence-electron chi connectivity index (χ3n) is 9.40. The lowest BCUT2D eigenvalue weighted by atomic mass is 9.75. The van der Waals surface area contributed by atoms with E-state index in [1.807, 2.05) is 6.08 Å². The van der Waals surface area contributed by atoms with Crippen LogP contribution in [-0.4, -0.2) is 32.0 Å². The van der Waals surface area contributed by atoms with E-state index < -0.39 is 33.5 Å². The molecule has 0 fully saturated rings. The fraction of sp³-hybridized carbons (Fsp3) is 0.174. The van der Waals surface area contributed by atoms with Crippen LogP contribution < -0.4 is 0 Å². The van der Waals surface area contributed by atoms with Crippen LogP contribution in [0.5, 0.6) is 0 Å². The summed E-state index contributed by atoms with van der Waals surface area (Å²) in [5.41, 5.74) is 4.54. The predicted molar refractivity (Wildman–Crippen MR) is 208 cm³/mol. The molecule has 6 aromatic rings.